The second-order valence-electron chi connectivity index (χ2n) is 6.82. The van der Waals surface area contributed by atoms with Gasteiger partial charge in [0.2, 0.25) is 5.91 Å². The number of hydrogen-bond donors (Lipinski definition) is 2. The summed E-state index contributed by atoms with van der Waals surface area (Å²) >= 11 is 5.81. The number of rotatable bonds is 4. The van der Waals surface area contributed by atoms with Crippen molar-refractivity contribution < 1.29 is 19.1 Å². The molecule has 1 saturated heterocycles. The molecule has 0 radical (unpaired) electrons. The van der Waals surface area contributed by atoms with Gasteiger partial charge in [0.05, 0.1) is 5.02 Å². The van der Waals surface area contributed by atoms with Gasteiger partial charge in [-0.15, -0.1) is 0 Å². The van der Waals surface area contributed by atoms with Crippen LogP contribution in [0.4, 0.5) is 4.39 Å². The van der Waals surface area contributed by atoms with Crippen LogP contribution in [0.15, 0.2) is 18.2 Å². The van der Waals surface area contributed by atoms with Crippen molar-refractivity contribution >= 4 is 24.0 Å². The first-order valence-electron chi connectivity index (χ1n) is 9.08. The van der Waals surface area contributed by atoms with Crippen molar-refractivity contribution in [3.63, 3.8) is 0 Å². The molecule has 5 nitrogen and oxygen atoms in total. The molecule has 0 aromatic heterocycles. The van der Waals surface area contributed by atoms with Crippen LogP contribution >= 0.6 is 11.6 Å². The first kappa shape index (κ1) is 20.6. The second kappa shape index (κ2) is 9.88. The molecule has 0 spiro atoms. The van der Waals surface area contributed by atoms with Crippen LogP contribution in [0.25, 0.3) is 0 Å². The van der Waals surface area contributed by atoms with E-state index in [0.717, 1.165) is 44.3 Å². The Bertz CT molecular complexity index is 615. The largest absolute Gasteiger partial charge is 0.483 e. The zero-order valence-electron chi connectivity index (χ0n) is 14.8. The quantitative estimate of drug-likeness (QED) is 0.778. The molecule has 0 unspecified atom stereocenters. The van der Waals surface area contributed by atoms with Gasteiger partial charge in [-0.2, -0.15) is 0 Å². The molecule has 2 aliphatic rings. The molecule has 2 fully saturated rings. The van der Waals surface area contributed by atoms with E-state index in [0.29, 0.717) is 6.54 Å². The number of halogens is 2. The highest BCUT2D eigenvalue weighted by Crippen LogP contribution is 2.36. The smallest absolute Gasteiger partial charge is 0.290 e. The third-order valence-corrected chi connectivity index (χ3v) is 5.54. The molecule has 1 amide bonds. The minimum atomic E-state index is -0.428. The van der Waals surface area contributed by atoms with E-state index in [-0.39, 0.29) is 22.9 Å². The average molecular weight is 385 g/mol. The summed E-state index contributed by atoms with van der Waals surface area (Å²) in [5.74, 6) is -0.304. The number of carboxylic acid groups (broad SMARTS) is 1. The summed E-state index contributed by atoms with van der Waals surface area (Å²) in [6, 6.07) is 4.60. The van der Waals surface area contributed by atoms with Gasteiger partial charge in [-0.05, 0) is 56.5 Å². The van der Waals surface area contributed by atoms with E-state index >= 15 is 0 Å². The Morgan fingerprint density at radius 2 is 1.85 bits per heavy atom. The molecular formula is C19H26ClFN2O3. The first-order valence-corrected chi connectivity index (χ1v) is 9.46. The van der Waals surface area contributed by atoms with Gasteiger partial charge < -0.3 is 10.4 Å². The van der Waals surface area contributed by atoms with E-state index in [4.69, 9.17) is 21.5 Å². The topological polar surface area (TPSA) is 69.6 Å². The van der Waals surface area contributed by atoms with Gasteiger partial charge in [0.15, 0.2) is 0 Å². The van der Waals surface area contributed by atoms with E-state index in [1.165, 1.54) is 25.3 Å². The summed E-state index contributed by atoms with van der Waals surface area (Å²) in [7, 11) is 0. The molecule has 0 bridgehead atoms. The fourth-order valence-electron chi connectivity index (χ4n) is 3.97. The van der Waals surface area contributed by atoms with Gasteiger partial charge in [-0.25, -0.2) is 4.39 Å². The molecule has 1 heterocycles. The van der Waals surface area contributed by atoms with Crippen LogP contribution in [-0.4, -0.2) is 41.0 Å². The Hall–Kier alpha value is -1.66. The van der Waals surface area contributed by atoms with Crippen LogP contribution in [0.1, 0.15) is 50.5 Å². The number of benzene rings is 1. The molecule has 7 heteroatoms. The molecule has 1 saturated carbocycles. The molecule has 3 rings (SSSR count). The molecule has 1 aromatic carbocycles. The molecule has 1 aliphatic carbocycles. The summed E-state index contributed by atoms with van der Waals surface area (Å²) in [6.07, 6.45) is 7.71. The van der Waals surface area contributed by atoms with Crippen LogP contribution in [0.5, 0.6) is 0 Å². The van der Waals surface area contributed by atoms with Crippen LogP contribution in [-0.2, 0) is 16.1 Å². The Kier molecular flexibility index (Phi) is 7.85. The maximum absolute atomic E-state index is 13.2. The fraction of sp³-hybridized carbons (Fsp3) is 0.579. The molecule has 1 aromatic rings. The molecule has 144 valence electrons. The predicted molar refractivity (Wildman–Crippen MR) is 98.6 cm³/mol. The average Bonchev–Trinajstić information content (AvgIpc) is 3.19. The number of hydrogen-bond acceptors (Lipinski definition) is 3. The first-order chi connectivity index (χ1) is 12.5. The summed E-state index contributed by atoms with van der Waals surface area (Å²) in [5.41, 5.74) is 0.496. The lowest BCUT2D eigenvalue weighted by atomic mass is 9.79. The Morgan fingerprint density at radius 3 is 2.42 bits per heavy atom. The SMILES string of the molecule is O=C(NCc1ccc(F)c(Cl)c1)C1(N2CCCC2)CCCCC1.O=CO. The summed E-state index contributed by atoms with van der Waals surface area (Å²) in [5, 5.41) is 10.1. The zero-order chi connectivity index (χ0) is 19.0. The number of carbonyl (C=O) groups is 2. The molecule has 1 aliphatic heterocycles. The lowest BCUT2D eigenvalue weighted by Crippen LogP contribution is -2.58. The lowest BCUT2D eigenvalue weighted by molar-refractivity contribution is -0.135. The van der Waals surface area contributed by atoms with Crippen LogP contribution < -0.4 is 5.32 Å². The van der Waals surface area contributed by atoms with Crippen LogP contribution in [0.3, 0.4) is 0 Å². The van der Waals surface area contributed by atoms with Gasteiger partial charge >= 0.3 is 0 Å². The highest BCUT2D eigenvalue weighted by Gasteiger charge is 2.45. The zero-order valence-corrected chi connectivity index (χ0v) is 15.6. The Labute approximate surface area is 158 Å². The van der Waals surface area contributed by atoms with Crippen molar-refractivity contribution in [3.05, 3.63) is 34.6 Å². The maximum Gasteiger partial charge on any atom is 0.290 e. The maximum atomic E-state index is 13.2. The Balaban J connectivity index is 0.000000758. The monoisotopic (exact) mass is 384 g/mol. The summed E-state index contributed by atoms with van der Waals surface area (Å²) < 4.78 is 13.2. The lowest BCUT2D eigenvalue weighted by Gasteiger charge is -2.43. The Morgan fingerprint density at radius 1 is 1.23 bits per heavy atom. The van der Waals surface area contributed by atoms with Crippen molar-refractivity contribution in [3.8, 4) is 0 Å². The van der Waals surface area contributed by atoms with E-state index in [2.05, 4.69) is 10.2 Å². The highest BCUT2D eigenvalue weighted by atomic mass is 35.5. The van der Waals surface area contributed by atoms with Crippen molar-refractivity contribution in [1.82, 2.24) is 10.2 Å². The number of likely N-dealkylation sites (tertiary alicyclic amines) is 1. The summed E-state index contributed by atoms with van der Waals surface area (Å²) in [4.78, 5) is 23.7. The number of carbonyl (C=O) groups excluding carboxylic acids is 1. The minimum Gasteiger partial charge on any atom is -0.483 e. The third-order valence-electron chi connectivity index (χ3n) is 5.25. The third kappa shape index (κ3) is 4.95. The highest BCUT2D eigenvalue weighted by molar-refractivity contribution is 6.30. The number of nitrogens with zero attached hydrogens (tertiary/aromatic N) is 1. The normalized spacial score (nSPS) is 19.3. The van der Waals surface area contributed by atoms with Crippen molar-refractivity contribution in [2.24, 2.45) is 0 Å². The van der Waals surface area contributed by atoms with E-state index in [1.54, 1.807) is 12.1 Å². The fourth-order valence-corrected chi connectivity index (χ4v) is 4.17. The number of amides is 1. The van der Waals surface area contributed by atoms with Gasteiger partial charge in [-0.1, -0.05) is 36.9 Å². The second-order valence-corrected chi connectivity index (χ2v) is 7.23. The molecular weight excluding hydrogens is 359 g/mol. The minimum absolute atomic E-state index is 0.101. The molecule has 26 heavy (non-hydrogen) atoms. The predicted octanol–water partition coefficient (Wildman–Crippen LogP) is 3.59. The molecule has 2 N–H and O–H groups in total. The van der Waals surface area contributed by atoms with Gasteiger partial charge in [0.25, 0.3) is 6.47 Å². The van der Waals surface area contributed by atoms with Gasteiger partial charge in [0.1, 0.15) is 11.4 Å². The van der Waals surface area contributed by atoms with E-state index < -0.39 is 5.82 Å². The standard InChI is InChI=1S/C18H24ClFN2O.CH2O2/c19-15-12-14(6-7-16(15)20)13-21-17(23)18(8-2-1-3-9-18)22-10-4-5-11-22;2-1-3/h6-7,12H,1-5,8-11,13H2,(H,21,23);1H,(H,2,3). The molecule has 0 atom stereocenters. The van der Waals surface area contributed by atoms with Crippen molar-refractivity contribution in [1.29, 1.82) is 0 Å². The van der Waals surface area contributed by atoms with Crippen molar-refractivity contribution in [2.45, 2.75) is 57.0 Å². The van der Waals surface area contributed by atoms with Gasteiger partial charge in [0, 0.05) is 6.54 Å². The van der Waals surface area contributed by atoms with Gasteiger partial charge in [-0.3, -0.25) is 14.5 Å². The summed E-state index contributed by atoms with van der Waals surface area (Å²) in [6.45, 7) is 2.19. The van der Waals surface area contributed by atoms with E-state index in [1.807, 2.05) is 0 Å². The van der Waals surface area contributed by atoms with Crippen LogP contribution in [0.2, 0.25) is 5.02 Å². The van der Waals surface area contributed by atoms with E-state index in [9.17, 15) is 9.18 Å². The number of nitrogens with one attached hydrogen (secondary N) is 1. The van der Waals surface area contributed by atoms with Crippen LogP contribution in [0, 0.1) is 5.82 Å². The van der Waals surface area contributed by atoms with Crippen molar-refractivity contribution in [2.75, 3.05) is 13.1 Å².